The molecule has 1 aliphatic heterocycles. The maximum absolute atomic E-state index is 13.6. The summed E-state index contributed by atoms with van der Waals surface area (Å²) in [6.07, 6.45) is 0.296. The summed E-state index contributed by atoms with van der Waals surface area (Å²) in [6.45, 7) is 0.475. The molecule has 0 radical (unpaired) electrons. The second-order valence-electron chi connectivity index (χ2n) is 7.93. The lowest BCUT2D eigenvalue weighted by Crippen LogP contribution is -2.42. The first-order valence-corrected chi connectivity index (χ1v) is 11.4. The summed E-state index contributed by atoms with van der Waals surface area (Å²) in [5, 5.41) is 4.81. The highest BCUT2D eigenvalue weighted by Crippen LogP contribution is 2.29. The average Bonchev–Trinajstić information content (AvgIpc) is 3.43. The molecule has 4 amide bonds. The van der Waals surface area contributed by atoms with Gasteiger partial charge in [-0.1, -0.05) is 36.4 Å². The summed E-state index contributed by atoms with van der Waals surface area (Å²) in [5.74, 6) is -0.771. The SMILES string of the molecule is O=CNC(=O)N[C@@H](CN1Cc2ccc(F)cc2C1=O)c1ccc(-c2ccc3ncsc3c2)cc1. The maximum atomic E-state index is 13.6. The lowest BCUT2D eigenvalue weighted by atomic mass is 10.00. The van der Waals surface area contributed by atoms with Crippen LogP contribution in [0.3, 0.4) is 0 Å². The third kappa shape index (κ3) is 4.25. The highest BCUT2D eigenvalue weighted by Gasteiger charge is 2.30. The van der Waals surface area contributed by atoms with Crippen LogP contribution >= 0.6 is 11.3 Å². The second-order valence-corrected chi connectivity index (χ2v) is 8.82. The zero-order valence-electron chi connectivity index (χ0n) is 17.8. The van der Waals surface area contributed by atoms with Crippen LogP contribution in [0.4, 0.5) is 9.18 Å². The monoisotopic (exact) mass is 474 g/mol. The highest BCUT2D eigenvalue weighted by molar-refractivity contribution is 7.16. The van der Waals surface area contributed by atoms with Crippen molar-refractivity contribution in [3.63, 3.8) is 0 Å². The highest BCUT2D eigenvalue weighted by atomic mass is 32.1. The number of fused-ring (bicyclic) bond motifs is 2. The van der Waals surface area contributed by atoms with Gasteiger partial charge in [0.1, 0.15) is 5.82 Å². The minimum Gasteiger partial charge on any atom is -0.332 e. The Bertz CT molecular complexity index is 1400. The number of halogens is 1. The van der Waals surface area contributed by atoms with Gasteiger partial charge in [0.15, 0.2) is 0 Å². The van der Waals surface area contributed by atoms with Crippen molar-refractivity contribution in [2.45, 2.75) is 12.6 Å². The lowest BCUT2D eigenvalue weighted by Gasteiger charge is -2.25. The van der Waals surface area contributed by atoms with Crippen LogP contribution in [0.5, 0.6) is 0 Å². The van der Waals surface area contributed by atoms with E-state index in [1.807, 2.05) is 41.9 Å². The van der Waals surface area contributed by atoms with E-state index in [-0.39, 0.29) is 12.5 Å². The number of carbonyl (C=O) groups is 3. The second kappa shape index (κ2) is 9.03. The number of thiazole rings is 1. The number of aromatic nitrogens is 1. The van der Waals surface area contributed by atoms with E-state index in [1.54, 1.807) is 22.3 Å². The van der Waals surface area contributed by atoms with Crippen molar-refractivity contribution in [3.8, 4) is 11.1 Å². The van der Waals surface area contributed by atoms with Gasteiger partial charge in [0.05, 0.1) is 21.8 Å². The van der Waals surface area contributed by atoms with Gasteiger partial charge in [-0.15, -0.1) is 11.3 Å². The molecule has 0 spiro atoms. The van der Waals surface area contributed by atoms with Crippen molar-refractivity contribution >= 4 is 39.9 Å². The number of carbonyl (C=O) groups excluding carboxylic acids is 3. The first-order valence-electron chi connectivity index (χ1n) is 10.5. The zero-order valence-corrected chi connectivity index (χ0v) is 18.6. The van der Waals surface area contributed by atoms with Gasteiger partial charge in [0.2, 0.25) is 6.41 Å². The molecule has 1 aliphatic rings. The molecule has 7 nitrogen and oxygen atoms in total. The fraction of sp³-hybridized carbons (Fsp3) is 0.120. The molecule has 34 heavy (non-hydrogen) atoms. The third-order valence-electron chi connectivity index (χ3n) is 5.83. The lowest BCUT2D eigenvalue weighted by molar-refractivity contribution is -0.108. The Labute approximate surface area is 198 Å². The molecule has 3 aromatic carbocycles. The van der Waals surface area contributed by atoms with Crippen LogP contribution in [0, 0.1) is 5.82 Å². The molecule has 2 N–H and O–H groups in total. The number of hydrogen-bond acceptors (Lipinski definition) is 5. The Morgan fingerprint density at radius 3 is 2.71 bits per heavy atom. The molecule has 2 heterocycles. The Morgan fingerprint density at radius 2 is 1.91 bits per heavy atom. The summed E-state index contributed by atoms with van der Waals surface area (Å²) < 4.78 is 14.7. The van der Waals surface area contributed by atoms with E-state index in [4.69, 9.17) is 0 Å². The standard InChI is InChI=1S/C25H19FN4O3S/c26-19-7-5-18-11-30(24(32)20(18)10-19)12-22(29-25(33)27-13-31)16-3-1-15(2-4-16)17-6-8-21-23(9-17)34-14-28-21/h1-10,13-14,22H,11-12H2,(H2,27,29,31,33)/t22-/m0/s1. The van der Waals surface area contributed by atoms with Crippen molar-refractivity contribution in [1.29, 1.82) is 0 Å². The van der Waals surface area contributed by atoms with Crippen molar-refractivity contribution < 1.29 is 18.8 Å². The van der Waals surface area contributed by atoms with Gasteiger partial charge in [-0.25, -0.2) is 14.2 Å². The molecule has 5 rings (SSSR count). The van der Waals surface area contributed by atoms with Crippen LogP contribution in [-0.2, 0) is 11.3 Å². The molecule has 0 fully saturated rings. The predicted molar refractivity (Wildman–Crippen MR) is 127 cm³/mol. The minimum absolute atomic E-state index is 0.160. The molecule has 170 valence electrons. The van der Waals surface area contributed by atoms with E-state index < -0.39 is 17.9 Å². The molecular formula is C25H19FN4O3S. The number of nitrogens with one attached hydrogen (secondary N) is 2. The number of imide groups is 1. The number of urea groups is 1. The van der Waals surface area contributed by atoms with Crippen LogP contribution in [0.2, 0.25) is 0 Å². The first kappa shape index (κ1) is 21.7. The van der Waals surface area contributed by atoms with Crippen LogP contribution in [0.15, 0.2) is 66.2 Å². The average molecular weight is 475 g/mol. The van der Waals surface area contributed by atoms with Crippen LogP contribution in [-0.4, -0.2) is 34.8 Å². The van der Waals surface area contributed by atoms with Crippen LogP contribution in [0.25, 0.3) is 21.3 Å². The summed E-state index contributed by atoms with van der Waals surface area (Å²) in [5.41, 5.74) is 6.62. The molecule has 0 saturated carbocycles. The van der Waals surface area contributed by atoms with E-state index in [0.29, 0.717) is 18.5 Å². The Hall–Kier alpha value is -4.11. The van der Waals surface area contributed by atoms with Gasteiger partial charge in [-0.2, -0.15) is 0 Å². The fourth-order valence-corrected chi connectivity index (χ4v) is 4.85. The molecule has 9 heteroatoms. The number of nitrogens with zero attached hydrogens (tertiary/aromatic N) is 2. The molecule has 4 aromatic rings. The number of hydrogen-bond donors (Lipinski definition) is 2. The molecule has 1 aromatic heterocycles. The van der Waals surface area contributed by atoms with E-state index in [0.717, 1.165) is 32.5 Å². The zero-order chi connectivity index (χ0) is 23.7. The summed E-state index contributed by atoms with van der Waals surface area (Å²) >= 11 is 1.57. The van der Waals surface area contributed by atoms with Gasteiger partial charge in [0.25, 0.3) is 5.91 Å². The van der Waals surface area contributed by atoms with Crippen molar-refractivity contribution in [2.75, 3.05) is 6.54 Å². The minimum atomic E-state index is -0.671. The van der Waals surface area contributed by atoms with Gasteiger partial charge in [-0.3, -0.25) is 14.9 Å². The maximum Gasteiger partial charge on any atom is 0.321 e. The van der Waals surface area contributed by atoms with Crippen molar-refractivity contribution in [2.24, 2.45) is 0 Å². The molecule has 1 atom stereocenters. The van der Waals surface area contributed by atoms with E-state index in [1.165, 1.54) is 12.1 Å². The smallest absolute Gasteiger partial charge is 0.321 e. The molecule has 0 aliphatic carbocycles. The molecule has 0 unspecified atom stereocenters. The van der Waals surface area contributed by atoms with Gasteiger partial charge < -0.3 is 10.2 Å². The van der Waals surface area contributed by atoms with Gasteiger partial charge in [-0.05, 0) is 46.5 Å². The largest absolute Gasteiger partial charge is 0.332 e. The summed E-state index contributed by atoms with van der Waals surface area (Å²) in [6, 6.07) is 16.6. The number of amides is 4. The molecule has 0 bridgehead atoms. The van der Waals surface area contributed by atoms with Gasteiger partial charge >= 0.3 is 6.03 Å². The first-order chi connectivity index (χ1) is 16.5. The van der Waals surface area contributed by atoms with Gasteiger partial charge in [0, 0.05) is 18.7 Å². The molecular weight excluding hydrogens is 455 g/mol. The quantitative estimate of drug-likeness (QED) is 0.409. The topological polar surface area (TPSA) is 91.4 Å². The van der Waals surface area contributed by atoms with E-state index >= 15 is 0 Å². The fourth-order valence-electron chi connectivity index (χ4n) is 4.13. The van der Waals surface area contributed by atoms with Crippen molar-refractivity contribution in [3.05, 3.63) is 88.7 Å². The Balaban J connectivity index is 1.39. The summed E-state index contributed by atoms with van der Waals surface area (Å²) in [7, 11) is 0. The Kier molecular flexibility index (Phi) is 5.77. The number of benzene rings is 3. The molecule has 0 saturated heterocycles. The summed E-state index contributed by atoms with van der Waals surface area (Å²) in [4.78, 5) is 41.5. The van der Waals surface area contributed by atoms with Crippen LogP contribution < -0.4 is 10.6 Å². The van der Waals surface area contributed by atoms with Crippen LogP contribution in [0.1, 0.15) is 27.5 Å². The normalized spacial score (nSPS) is 13.6. The van der Waals surface area contributed by atoms with Crippen molar-refractivity contribution in [1.82, 2.24) is 20.5 Å². The predicted octanol–water partition coefficient (Wildman–Crippen LogP) is 4.26. The Morgan fingerprint density at radius 1 is 1.12 bits per heavy atom. The van der Waals surface area contributed by atoms with E-state index in [9.17, 15) is 18.8 Å². The third-order valence-corrected chi connectivity index (χ3v) is 6.62. The van der Waals surface area contributed by atoms with E-state index in [2.05, 4.69) is 21.7 Å². The number of rotatable bonds is 6.